The Kier molecular flexibility index (Phi) is 5.09. The fraction of sp³-hybridized carbons (Fsp3) is 0.600. The first-order valence-electron chi connectivity index (χ1n) is 9.81. The maximum atomic E-state index is 13.1. The molecule has 1 heterocycles. The van der Waals surface area contributed by atoms with Crippen molar-refractivity contribution in [1.82, 2.24) is 20.9 Å². The molecule has 0 aliphatic heterocycles. The third-order valence-electron chi connectivity index (χ3n) is 6.45. The number of carbonyl (C=O) groups excluding carboxylic acids is 3. The maximum Gasteiger partial charge on any atom is 0.224 e. The average molecular weight is 403 g/mol. The van der Waals surface area contributed by atoms with Gasteiger partial charge in [0, 0.05) is 25.4 Å². The summed E-state index contributed by atoms with van der Waals surface area (Å²) < 4.78 is 0. The van der Waals surface area contributed by atoms with Crippen LogP contribution in [0.5, 0.6) is 0 Å². The molecule has 3 N–H and O–H groups in total. The number of hydrogen-bond acceptors (Lipinski definition) is 6. The molecule has 2 amide bonds. The molecule has 2 saturated carbocycles. The number of rotatable bonds is 8. The monoisotopic (exact) mass is 402 g/mol. The molecule has 3 aliphatic rings. The Balaban J connectivity index is 1.46. The van der Waals surface area contributed by atoms with Crippen molar-refractivity contribution in [3.05, 3.63) is 28.2 Å². The van der Waals surface area contributed by atoms with Crippen LogP contribution in [-0.4, -0.2) is 42.7 Å². The van der Waals surface area contributed by atoms with E-state index in [1.54, 1.807) is 5.38 Å². The molecule has 150 valence electrons. The second-order valence-electron chi connectivity index (χ2n) is 8.02. The van der Waals surface area contributed by atoms with Crippen LogP contribution in [0, 0.1) is 29.1 Å². The molecule has 0 unspecified atom stereocenters. The molecule has 4 atom stereocenters. The molecule has 0 radical (unpaired) electrons. The van der Waals surface area contributed by atoms with Gasteiger partial charge >= 0.3 is 0 Å². The summed E-state index contributed by atoms with van der Waals surface area (Å²) >= 11 is 1.36. The van der Waals surface area contributed by atoms with Crippen molar-refractivity contribution in [3.8, 4) is 0 Å². The smallest absolute Gasteiger partial charge is 0.224 e. The Hall–Kier alpha value is -2.06. The molecule has 1 spiro atoms. The Morgan fingerprint density at radius 2 is 1.75 bits per heavy atom. The first kappa shape index (κ1) is 19.3. The number of thiazole rings is 1. The lowest BCUT2D eigenvalue weighted by Gasteiger charge is -2.26. The molecule has 4 rings (SSSR count). The molecule has 7 nitrogen and oxygen atoms in total. The second-order valence-corrected chi connectivity index (χ2v) is 8.96. The highest BCUT2D eigenvalue weighted by molar-refractivity contribution is 7.09. The van der Waals surface area contributed by atoms with Gasteiger partial charge in [-0.3, -0.25) is 14.4 Å². The van der Waals surface area contributed by atoms with Crippen molar-refractivity contribution >= 4 is 28.9 Å². The molecule has 3 aliphatic carbocycles. The third-order valence-corrected chi connectivity index (χ3v) is 7.30. The zero-order valence-electron chi connectivity index (χ0n) is 16.2. The van der Waals surface area contributed by atoms with Crippen molar-refractivity contribution in [2.24, 2.45) is 29.1 Å². The van der Waals surface area contributed by atoms with E-state index in [2.05, 4.69) is 33.1 Å². The predicted molar refractivity (Wildman–Crippen MR) is 106 cm³/mol. The highest BCUT2D eigenvalue weighted by Crippen LogP contribution is 2.72. The van der Waals surface area contributed by atoms with Gasteiger partial charge in [0.15, 0.2) is 5.78 Å². The van der Waals surface area contributed by atoms with Gasteiger partial charge in [0.05, 0.1) is 18.4 Å². The summed E-state index contributed by atoms with van der Waals surface area (Å²) in [6, 6.07) is 0. The normalized spacial score (nSPS) is 28.5. The lowest BCUT2D eigenvalue weighted by molar-refractivity contribution is -0.135. The topological polar surface area (TPSA) is 100 Å². The minimum atomic E-state index is -0.334. The average Bonchev–Trinajstić information content (AvgIpc) is 3.08. The van der Waals surface area contributed by atoms with Gasteiger partial charge in [0.1, 0.15) is 10.7 Å². The highest BCUT2D eigenvalue weighted by Gasteiger charge is 2.69. The lowest BCUT2D eigenvalue weighted by atomic mass is 9.81. The van der Waals surface area contributed by atoms with Crippen molar-refractivity contribution < 1.29 is 14.4 Å². The number of nitrogens with zero attached hydrogens (tertiary/aromatic N) is 1. The molecular weight excluding hydrogens is 376 g/mol. The Morgan fingerprint density at radius 3 is 2.29 bits per heavy atom. The van der Waals surface area contributed by atoms with Crippen molar-refractivity contribution in [2.45, 2.75) is 26.3 Å². The molecule has 2 fully saturated rings. The molecule has 8 heteroatoms. The molecule has 0 saturated heterocycles. The summed E-state index contributed by atoms with van der Waals surface area (Å²) in [5.74, 6) is -0.532. The number of carbonyl (C=O) groups is 3. The third kappa shape index (κ3) is 3.18. The van der Waals surface area contributed by atoms with E-state index in [0.29, 0.717) is 23.8 Å². The van der Waals surface area contributed by atoms with Crippen LogP contribution in [0.2, 0.25) is 0 Å². The van der Waals surface area contributed by atoms with Crippen molar-refractivity contribution in [2.75, 3.05) is 20.1 Å². The van der Waals surface area contributed by atoms with Crippen LogP contribution in [0.25, 0.3) is 0 Å². The zero-order chi connectivity index (χ0) is 19.9. The summed E-state index contributed by atoms with van der Waals surface area (Å²) in [6.07, 6.45) is 6.49. The van der Waals surface area contributed by atoms with Gasteiger partial charge in [-0.1, -0.05) is 12.2 Å². The van der Waals surface area contributed by atoms with Gasteiger partial charge < -0.3 is 16.0 Å². The van der Waals surface area contributed by atoms with E-state index < -0.39 is 0 Å². The van der Waals surface area contributed by atoms with Gasteiger partial charge in [0.2, 0.25) is 11.8 Å². The minimum absolute atomic E-state index is 0.0216. The number of Topliss-reactive ketones (excluding diaryl/α,β-unsaturated/α-hetero) is 1. The number of likely N-dealkylation sites (N-methyl/N-ethyl adjacent to an activating group) is 1. The highest BCUT2D eigenvalue weighted by atomic mass is 32.1. The van der Waals surface area contributed by atoms with Crippen molar-refractivity contribution in [3.63, 3.8) is 0 Å². The van der Waals surface area contributed by atoms with Crippen LogP contribution in [0.4, 0.5) is 0 Å². The molecule has 1 aromatic rings. The van der Waals surface area contributed by atoms with Crippen LogP contribution in [-0.2, 0) is 16.1 Å². The summed E-state index contributed by atoms with van der Waals surface area (Å²) in [7, 11) is 1.85. The first-order chi connectivity index (χ1) is 13.5. The van der Waals surface area contributed by atoms with E-state index in [-0.39, 0.29) is 53.2 Å². The van der Waals surface area contributed by atoms with Crippen LogP contribution >= 0.6 is 11.3 Å². The van der Waals surface area contributed by atoms with Crippen LogP contribution < -0.4 is 16.0 Å². The van der Waals surface area contributed by atoms with Gasteiger partial charge in [-0.2, -0.15) is 0 Å². The van der Waals surface area contributed by atoms with E-state index in [1.165, 1.54) is 18.3 Å². The molecule has 28 heavy (non-hydrogen) atoms. The second kappa shape index (κ2) is 7.40. The molecule has 1 aromatic heterocycles. The Morgan fingerprint density at radius 1 is 1.11 bits per heavy atom. The molecular formula is C20H26N4O3S. The summed E-state index contributed by atoms with van der Waals surface area (Å²) in [5.41, 5.74) is 0.548. The van der Waals surface area contributed by atoms with E-state index in [4.69, 9.17) is 0 Å². The molecule has 0 aromatic carbocycles. The fourth-order valence-corrected chi connectivity index (χ4v) is 5.75. The number of nitrogens with one attached hydrogen (secondary N) is 3. The first-order valence-corrected chi connectivity index (χ1v) is 10.7. The number of allylic oxidation sites excluding steroid dienone is 2. The number of hydrogen-bond donors (Lipinski definition) is 3. The predicted octanol–water partition coefficient (Wildman–Crippen LogP) is 1.13. The van der Waals surface area contributed by atoms with Gasteiger partial charge in [-0.15, -0.1) is 11.3 Å². The standard InChI is InChI=1S/C20H26N4O3S/c1-11(25)14-10-28-15(24-14)9-23-19(27)17-13-4-3-12(20(13)5-6-20)16(17)18(26)22-8-7-21-2/h3-4,10,12-13,16-17,21H,5-9H2,1-2H3,(H,22,26)(H,23,27)/t12-,13+,16-,17-/m1/s1. The van der Waals surface area contributed by atoms with Gasteiger partial charge in [-0.25, -0.2) is 4.98 Å². The zero-order valence-corrected chi connectivity index (χ0v) is 17.0. The lowest BCUT2D eigenvalue weighted by Crippen LogP contribution is -2.45. The largest absolute Gasteiger partial charge is 0.355 e. The summed E-state index contributed by atoms with van der Waals surface area (Å²) in [5, 5.41) is 11.4. The van der Waals surface area contributed by atoms with Gasteiger partial charge in [-0.05, 0) is 37.1 Å². The van der Waals surface area contributed by atoms with Crippen molar-refractivity contribution in [1.29, 1.82) is 0 Å². The van der Waals surface area contributed by atoms with E-state index >= 15 is 0 Å². The van der Waals surface area contributed by atoms with E-state index in [0.717, 1.165) is 12.8 Å². The number of aromatic nitrogens is 1. The fourth-order valence-electron chi connectivity index (χ4n) is 4.97. The quantitative estimate of drug-likeness (QED) is 0.344. The SMILES string of the molecule is CNCCNC(=O)[C@H]1[C@H](C(=O)NCc2nc(C(C)=O)cs2)[C@@H]2C=C[C@H]1C21CC1. The number of amides is 2. The van der Waals surface area contributed by atoms with Crippen LogP contribution in [0.3, 0.4) is 0 Å². The van der Waals surface area contributed by atoms with Crippen LogP contribution in [0.15, 0.2) is 17.5 Å². The van der Waals surface area contributed by atoms with Gasteiger partial charge in [0.25, 0.3) is 0 Å². The van der Waals surface area contributed by atoms with Crippen LogP contribution in [0.1, 0.15) is 35.3 Å². The summed E-state index contributed by atoms with van der Waals surface area (Å²) in [6.45, 7) is 3.02. The number of ketones is 1. The Labute approximate surface area is 168 Å². The minimum Gasteiger partial charge on any atom is -0.355 e. The maximum absolute atomic E-state index is 13.1. The molecule has 2 bridgehead atoms. The Bertz CT molecular complexity index is 829. The van der Waals surface area contributed by atoms with E-state index in [9.17, 15) is 14.4 Å². The van der Waals surface area contributed by atoms with E-state index in [1.807, 2.05) is 7.05 Å². The summed E-state index contributed by atoms with van der Waals surface area (Å²) in [4.78, 5) is 41.6.